The van der Waals surface area contributed by atoms with Gasteiger partial charge in [-0.2, -0.15) is 0 Å². The van der Waals surface area contributed by atoms with Crippen molar-refractivity contribution in [2.45, 2.75) is 39.0 Å². The van der Waals surface area contributed by atoms with Crippen molar-refractivity contribution in [1.82, 2.24) is 9.88 Å². The van der Waals surface area contributed by atoms with E-state index < -0.39 is 0 Å². The molecule has 0 aliphatic carbocycles. The van der Waals surface area contributed by atoms with E-state index in [1.54, 1.807) is 0 Å². The Morgan fingerprint density at radius 3 is 2.75 bits per heavy atom. The first-order chi connectivity index (χ1) is 9.72. The SMILES string of the molecule is Cc1nc2ccc(CC(=O)N3CCCCCC3)cc2o1. The number of aromatic nitrogens is 1. The number of benzene rings is 1. The van der Waals surface area contributed by atoms with Crippen molar-refractivity contribution in [3.8, 4) is 0 Å². The molecule has 0 N–H and O–H groups in total. The lowest BCUT2D eigenvalue weighted by Gasteiger charge is -2.20. The first kappa shape index (κ1) is 13.2. The number of likely N-dealkylation sites (tertiary alicyclic amines) is 1. The summed E-state index contributed by atoms with van der Waals surface area (Å²) in [7, 11) is 0. The zero-order valence-corrected chi connectivity index (χ0v) is 11.9. The molecule has 1 saturated heterocycles. The van der Waals surface area contributed by atoms with Crippen LogP contribution in [0.15, 0.2) is 22.6 Å². The quantitative estimate of drug-likeness (QED) is 0.844. The number of fused-ring (bicyclic) bond motifs is 1. The molecule has 1 aliphatic rings. The predicted molar refractivity (Wildman–Crippen MR) is 77.5 cm³/mol. The van der Waals surface area contributed by atoms with Crippen molar-refractivity contribution >= 4 is 17.0 Å². The molecule has 1 amide bonds. The summed E-state index contributed by atoms with van der Waals surface area (Å²) in [6.07, 6.45) is 5.20. The number of aryl methyl sites for hydroxylation is 1. The minimum absolute atomic E-state index is 0.225. The fourth-order valence-electron chi connectivity index (χ4n) is 2.80. The average Bonchev–Trinajstić information content (AvgIpc) is 2.64. The third kappa shape index (κ3) is 2.84. The second-order valence-electron chi connectivity index (χ2n) is 5.51. The number of hydrogen-bond donors (Lipinski definition) is 0. The van der Waals surface area contributed by atoms with Crippen molar-refractivity contribution in [2.24, 2.45) is 0 Å². The number of rotatable bonds is 2. The van der Waals surface area contributed by atoms with Crippen LogP contribution in [0.1, 0.15) is 37.1 Å². The number of carbonyl (C=O) groups is 1. The molecule has 2 aromatic rings. The molecule has 0 atom stereocenters. The molecule has 1 aromatic heterocycles. The predicted octanol–water partition coefficient (Wildman–Crippen LogP) is 3.08. The fourth-order valence-corrected chi connectivity index (χ4v) is 2.80. The third-order valence-corrected chi connectivity index (χ3v) is 3.87. The van der Waals surface area contributed by atoms with Gasteiger partial charge in [-0.15, -0.1) is 0 Å². The molecule has 0 saturated carbocycles. The van der Waals surface area contributed by atoms with Crippen LogP contribution in [-0.4, -0.2) is 28.9 Å². The van der Waals surface area contributed by atoms with Crippen LogP contribution >= 0.6 is 0 Å². The van der Waals surface area contributed by atoms with Crippen molar-refractivity contribution in [3.05, 3.63) is 29.7 Å². The Kier molecular flexibility index (Phi) is 3.72. The van der Waals surface area contributed by atoms with Gasteiger partial charge in [0.1, 0.15) is 5.52 Å². The van der Waals surface area contributed by atoms with Gasteiger partial charge in [-0.05, 0) is 30.5 Å². The van der Waals surface area contributed by atoms with Crippen LogP contribution in [0.3, 0.4) is 0 Å². The lowest BCUT2D eigenvalue weighted by atomic mass is 10.1. The van der Waals surface area contributed by atoms with Gasteiger partial charge in [0.25, 0.3) is 0 Å². The Hall–Kier alpha value is -1.84. The molecule has 2 heterocycles. The van der Waals surface area contributed by atoms with E-state index in [1.807, 2.05) is 30.0 Å². The Bertz CT molecular complexity index is 610. The van der Waals surface area contributed by atoms with Gasteiger partial charge >= 0.3 is 0 Å². The zero-order chi connectivity index (χ0) is 13.9. The van der Waals surface area contributed by atoms with Gasteiger partial charge in [-0.25, -0.2) is 4.98 Å². The minimum atomic E-state index is 0.225. The normalized spacial score (nSPS) is 16.4. The summed E-state index contributed by atoms with van der Waals surface area (Å²) < 4.78 is 5.52. The molecule has 0 unspecified atom stereocenters. The van der Waals surface area contributed by atoms with Gasteiger partial charge in [-0.1, -0.05) is 18.9 Å². The van der Waals surface area contributed by atoms with Gasteiger partial charge in [0.2, 0.25) is 5.91 Å². The maximum Gasteiger partial charge on any atom is 0.226 e. The molecular weight excluding hydrogens is 252 g/mol. The van der Waals surface area contributed by atoms with Crippen LogP contribution in [-0.2, 0) is 11.2 Å². The van der Waals surface area contributed by atoms with Crippen LogP contribution < -0.4 is 0 Å². The number of carbonyl (C=O) groups excluding carboxylic acids is 1. The number of nitrogens with zero attached hydrogens (tertiary/aromatic N) is 2. The highest BCUT2D eigenvalue weighted by Crippen LogP contribution is 2.18. The first-order valence-corrected chi connectivity index (χ1v) is 7.36. The Labute approximate surface area is 118 Å². The zero-order valence-electron chi connectivity index (χ0n) is 11.9. The van der Waals surface area contributed by atoms with E-state index in [4.69, 9.17) is 4.42 Å². The molecule has 3 rings (SSSR count). The lowest BCUT2D eigenvalue weighted by Crippen LogP contribution is -2.33. The van der Waals surface area contributed by atoms with Crippen LogP contribution in [0, 0.1) is 6.92 Å². The topological polar surface area (TPSA) is 46.3 Å². The van der Waals surface area contributed by atoms with Crippen LogP contribution in [0.4, 0.5) is 0 Å². The maximum atomic E-state index is 12.3. The van der Waals surface area contributed by atoms with E-state index in [0.29, 0.717) is 12.3 Å². The smallest absolute Gasteiger partial charge is 0.226 e. The standard InChI is InChI=1S/C16H20N2O2/c1-12-17-14-7-6-13(10-15(14)20-12)11-16(19)18-8-4-2-3-5-9-18/h6-7,10H,2-5,8-9,11H2,1H3. The summed E-state index contributed by atoms with van der Waals surface area (Å²) in [5.74, 6) is 0.887. The van der Waals surface area contributed by atoms with Crippen molar-refractivity contribution in [2.75, 3.05) is 13.1 Å². The van der Waals surface area contributed by atoms with Gasteiger partial charge in [0, 0.05) is 20.0 Å². The molecule has 1 aliphatic heterocycles. The highest BCUT2D eigenvalue weighted by atomic mass is 16.3. The first-order valence-electron chi connectivity index (χ1n) is 7.36. The Balaban J connectivity index is 1.72. The molecule has 0 bridgehead atoms. The van der Waals surface area contributed by atoms with E-state index in [-0.39, 0.29) is 5.91 Å². The maximum absolute atomic E-state index is 12.3. The van der Waals surface area contributed by atoms with Crippen LogP contribution in [0.5, 0.6) is 0 Å². The highest BCUT2D eigenvalue weighted by Gasteiger charge is 2.16. The molecule has 106 valence electrons. The molecule has 4 heteroatoms. The molecule has 1 fully saturated rings. The van der Waals surface area contributed by atoms with Gasteiger partial charge in [0.05, 0.1) is 6.42 Å². The lowest BCUT2D eigenvalue weighted by molar-refractivity contribution is -0.130. The second kappa shape index (κ2) is 5.65. The van der Waals surface area contributed by atoms with E-state index >= 15 is 0 Å². The third-order valence-electron chi connectivity index (χ3n) is 3.87. The monoisotopic (exact) mass is 272 g/mol. The number of hydrogen-bond acceptors (Lipinski definition) is 3. The summed E-state index contributed by atoms with van der Waals surface area (Å²) in [4.78, 5) is 18.6. The summed E-state index contributed by atoms with van der Waals surface area (Å²) in [6, 6.07) is 5.84. The van der Waals surface area contributed by atoms with Gasteiger partial charge in [-0.3, -0.25) is 4.79 Å². The van der Waals surface area contributed by atoms with Gasteiger partial charge < -0.3 is 9.32 Å². The minimum Gasteiger partial charge on any atom is -0.441 e. The van der Waals surface area contributed by atoms with Crippen LogP contribution in [0.25, 0.3) is 11.1 Å². The Morgan fingerprint density at radius 2 is 2.00 bits per heavy atom. The fraction of sp³-hybridized carbons (Fsp3) is 0.500. The molecule has 1 aromatic carbocycles. The molecule has 4 nitrogen and oxygen atoms in total. The number of oxazole rings is 1. The highest BCUT2D eigenvalue weighted by molar-refractivity contribution is 5.81. The summed E-state index contributed by atoms with van der Waals surface area (Å²) >= 11 is 0. The average molecular weight is 272 g/mol. The Morgan fingerprint density at radius 1 is 1.25 bits per heavy atom. The van der Waals surface area contributed by atoms with Crippen LogP contribution in [0.2, 0.25) is 0 Å². The molecular formula is C16H20N2O2. The molecule has 0 radical (unpaired) electrons. The van der Waals surface area contributed by atoms with E-state index in [2.05, 4.69) is 4.98 Å². The largest absolute Gasteiger partial charge is 0.441 e. The van der Waals surface area contributed by atoms with E-state index in [1.165, 1.54) is 12.8 Å². The van der Waals surface area contributed by atoms with Gasteiger partial charge in [0.15, 0.2) is 11.5 Å². The van der Waals surface area contributed by atoms with Crippen molar-refractivity contribution in [1.29, 1.82) is 0 Å². The van der Waals surface area contributed by atoms with Crippen molar-refractivity contribution in [3.63, 3.8) is 0 Å². The number of amides is 1. The molecule has 20 heavy (non-hydrogen) atoms. The second-order valence-corrected chi connectivity index (χ2v) is 5.51. The molecule has 0 spiro atoms. The van der Waals surface area contributed by atoms with E-state index in [0.717, 1.165) is 42.6 Å². The summed E-state index contributed by atoms with van der Waals surface area (Å²) in [5.41, 5.74) is 2.63. The summed E-state index contributed by atoms with van der Waals surface area (Å²) in [5, 5.41) is 0. The van der Waals surface area contributed by atoms with Crippen molar-refractivity contribution < 1.29 is 9.21 Å². The van der Waals surface area contributed by atoms with E-state index in [9.17, 15) is 4.79 Å². The summed E-state index contributed by atoms with van der Waals surface area (Å²) in [6.45, 7) is 3.65.